The summed E-state index contributed by atoms with van der Waals surface area (Å²) in [5.41, 5.74) is 2.78. The molecular formula is C14H21Cl2N5OS. The van der Waals surface area contributed by atoms with Crippen LogP contribution in [0.3, 0.4) is 0 Å². The Morgan fingerprint density at radius 2 is 2.30 bits per heavy atom. The summed E-state index contributed by atoms with van der Waals surface area (Å²) < 4.78 is 0. The second kappa shape index (κ2) is 9.22. The van der Waals surface area contributed by atoms with Gasteiger partial charge in [0, 0.05) is 24.0 Å². The first-order valence-electron chi connectivity index (χ1n) is 7.24. The van der Waals surface area contributed by atoms with Crippen molar-refractivity contribution in [3.63, 3.8) is 0 Å². The molecule has 1 aliphatic heterocycles. The lowest BCUT2D eigenvalue weighted by Gasteiger charge is -2.21. The van der Waals surface area contributed by atoms with Gasteiger partial charge in [-0.2, -0.15) is 0 Å². The minimum absolute atomic E-state index is 0. The lowest BCUT2D eigenvalue weighted by molar-refractivity contribution is -0.123. The van der Waals surface area contributed by atoms with Gasteiger partial charge in [0.15, 0.2) is 0 Å². The number of carbonyl (C=O) groups is 1. The van der Waals surface area contributed by atoms with E-state index >= 15 is 0 Å². The van der Waals surface area contributed by atoms with Gasteiger partial charge < -0.3 is 15.6 Å². The van der Waals surface area contributed by atoms with Crippen LogP contribution in [-0.4, -0.2) is 27.4 Å². The molecule has 2 aromatic heterocycles. The highest BCUT2D eigenvalue weighted by Crippen LogP contribution is 2.19. The Labute approximate surface area is 151 Å². The lowest BCUT2D eigenvalue weighted by Crippen LogP contribution is -2.41. The van der Waals surface area contributed by atoms with E-state index in [1.807, 2.05) is 5.38 Å². The number of fused-ring (bicyclic) bond motifs is 1. The molecule has 0 fully saturated rings. The number of nitrogens with zero attached hydrogens (tertiary/aromatic N) is 2. The second-order valence-electron chi connectivity index (χ2n) is 5.10. The molecule has 23 heavy (non-hydrogen) atoms. The number of thiazole rings is 1. The van der Waals surface area contributed by atoms with Gasteiger partial charge in [0.25, 0.3) is 0 Å². The highest BCUT2D eigenvalue weighted by Gasteiger charge is 2.28. The van der Waals surface area contributed by atoms with Gasteiger partial charge in [-0.25, -0.2) is 9.97 Å². The highest BCUT2D eigenvalue weighted by molar-refractivity contribution is 7.09. The van der Waals surface area contributed by atoms with Crippen LogP contribution in [0.5, 0.6) is 0 Å². The summed E-state index contributed by atoms with van der Waals surface area (Å²) in [6.45, 7) is 3.39. The van der Waals surface area contributed by atoms with Crippen molar-refractivity contribution in [2.75, 3.05) is 6.54 Å². The number of aromatic nitrogens is 3. The summed E-state index contributed by atoms with van der Waals surface area (Å²) in [5, 5.41) is 9.30. The summed E-state index contributed by atoms with van der Waals surface area (Å²) in [6.07, 6.45) is 4.62. The Hall–Kier alpha value is -1.15. The smallest absolute Gasteiger partial charge is 0.243 e. The van der Waals surface area contributed by atoms with Crippen LogP contribution in [0.1, 0.15) is 41.5 Å². The molecule has 0 bridgehead atoms. The summed E-state index contributed by atoms with van der Waals surface area (Å²) in [5.74, 6) is -0.0481. The number of aromatic amines is 1. The molecule has 3 rings (SSSR count). The minimum Gasteiger partial charge on any atom is -0.349 e. The van der Waals surface area contributed by atoms with Crippen LogP contribution >= 0.6 is 36.2 Å². The second-order valence-corrected chi connectivity index (χ2v) is 6.05. The monoisotopic (exact) mass is 377 g/mol. The van der Waals surface area contributed by atoms with Gasteiger partial charge in [-0.1, -0.05) is 6.92 Å². The number of imidazole rings is 1. The number of nitrogens with one attached hydrogen (secondary N) is 3. The van der Waals surface area contributed by atoms with Gasteiger partial charge >= 0.3 is 0 Å². The Balaban J connectivity index is 0.00000132. The van der Waals surface area contributed by atoms with Gasteiger partial charge in [-0.3, -0.25) is 4.79 Å². The van der Waals surface area contributed by atoms with E-state index in [0.29, 0.717) is 6.54 Å². The number of amides is 1. The van der Waals surface area contributed by atoms with Crippen LogP contribution in [0.4, 0.5) is 0 Å². The quantitative estimate of drug-likeness (QED) is 0.745. The first-order valence-corrected chi connectivity index (χ1v) is 8.12. The molecular weight excluding hydrogens is 357 g/mol. The van der Waals surface area contributed by atoms with Crippen molar-refractivity contribution in [1.82, 2.24) is 25.6 Å². The van der Waals surface area contributed by atoms with Gasteiger partial charge in [0.1, 0.15) is 6.04 Å². The van der Waals surface area contributed by atoms with E-state index in [1.54, 1.807) is 17.7 Å². The topological polar surface area (TPSA) is 82.7 Å². The van der Waals surface area contributed by atoms with E-state index in [9.17, 15) is 4.79 Å². The fourth-order valence-corrected chi connectivity index (χ4v) is 3.37. The maximum Gasteiger partial charge on any atom is 0.243 e. The van der Waals surface area contributed by atoms with Crippen LogP contribution in [0.25, 0.3) is 0 Å². The molecule has 6 nitrogen and oxygen atoms in total. The van der Waals surface area contributed by atoms with E-state index in [1.165, 1.54) is 0 Å². The predicted octanol–water partition coefficient (Wildman–Crippen LogP) is 2.17. The lowest BCUT2D eigenvalue weighted by atomic mass is 10.1. The molecule has 0 saturated heterocycles. The van der Waals surface area contributed by atoms with Crippen LogP contribution in [-0.2, 0) is 24.2 Å². The van der Waals surface area contributed by atoms with E-state index in [2.05, 4.69) is 32.5 Å². The summed E-state index contributed by atoms with van der Waals surface area (Å²) in [7, 11) is 0. The largest absolute Gasteiger partial charge is 0.349 e. The zero-order chi connectivity index (χ0) is 14.7. The zero-order valence-corrected chi connectivity index (χ0v) is 15.2. The molecule has 0 aliphatic carbocycles. The van der Waals surface area contributed by atoms with Crippen molar-refractivity contribution in [1.29, 1.82) is 0 Å². The number of H-pyrrole nitrogens is 1. The van der Waals surface area contributed by atoms with Gasteiger partial charge in [-0.15, -0.1) is 36.2 Å². The highest BCUT2D eigenvalue weighted by atomic mass is 35.5. The van der Waals surface area contributed by atoms with Crippen molar-refractivity contribution in [2.24, 2.45) is 0 Å². The van der Waals surface area contributed by atoms with Gasteiger partial charge in [0.05, 0.1) is 29.3 Å². The van der Waals surface area contributed by atoms with Crippen LogP contribution < -0.4 is 10.6 Å². The van der Waals surface area contributed by atoms with E-state index in [-0.39, 0.29) is 36.8 Å². The molecule has 128 valence electrons. The molecule has 3 heterocycles. The number of halogens is 2. The summed E-state index contributed by atoms with van der Waals surface area (Å²) in [4.78, 5) is 24.2. The van der Waals surface area contributed by atoms with Crippen molar-refractivity contribution in [3.05, 3.63) is 33.8 Å². The third-order valence-electron chi connectivity index (χ3n) is 3.52. The number of rotatable bonds is 5. The maximum atomic E-state index is 12.3. The zero-order valence-electron chi connectivity index (χ0n) is 12.8. The van der Waals surface area contributed by atoms with Crippen molar-refractivity contribution in [2.45, 2.75) is 38.8 Å². The maximum absolute atomic E-state index is 12.3. The predicted molar refractivity (Wildman–Crippen MR) is 95.5 cm³/mol. The van der Waals surface area contributed by atoms with Gasteiger partial charge in [0.2, 0.25) is 5.91 Å². The molecule has 9 heteroatoms. The molecule has 0 saturated carbocycles. The molecule has 3 N–H and O–H groups in total. The van der Waals surface area contributed by atoms with Crippen LogP contribution in [0.15, 0.2) is 11.7 Å². The van der Waals surface area contributed by atoms with E-state index < -0.39 is 0 Å². The van der Waals surface area contributed by atoms with E-state index in [0.717, 1.165) is 47.9 Å². The average molecular weight is 378 g/mol. The number of hydrogen-bond donors (Lipinski definition) is 3. The molecule has 0 radical (unpaired) electrons. The number of hydrogen-bond acceptors (Lipinski definition) is 5. The first kappa shape index (κ1) is 19.9. The molecule has 1 aliphatic rings. The Bertz CT molecular complexity index is 630. The molecule has 2 aromatic rings. The fourth-order valence-electron chi connectivity index (χ4n) is 2.47. The van der Waals surface area contributed by atoms with Crippen molar-refractivity contribution in [3.8, 4) is 0 Å². The van der Waals surface area contributed by atoms with Gasteiger partial charge in [-0.05, 0) is 12.8 Å². The molecule has 1 amide bonds. The summed E-state index contributed by atoms with van der Waals surface area (Å²) in [6, 6.07) is -0.367. The average Bonchev–Trinajstić information content (AvgIpc) is 3.13. The number of carbonyl (C=O) groups excluding carboxylic acids is 1. The summed E-state index contributed by atoms with van der Waals surface area (Å²) >= 11 is 1.66. The van der Waals surface area contributed by atoms with Crippen LogP contribution in [0, 0.1) is 0 Å². The molecule has 0 aromatic carbocycles. The fraction of sp³-hybridized carbons (Fsp3) is 0.500. The third-order valence-corrected chi connectivity index (χ3v) is 4.48. The van der Waals surface area contributed by atoms with E-state index in [4.69, 9.17) is 0 Å². The Morgan fingerprint density at radius 3 is 3.09 bits per heavy atom. The Kier molecular flexibility index (Phi) is 7.98. The molecule has 1 unspecified atom stereocenters. The standard InChI is InChI=1S/C14H19N5OS.2ClH/c1-2-3-11-19-9(7-21-11)6-16-14(20)13-12-10(4-5-15-13)17-8-18-12;;/h7-8,13,15H,2-6H2,1H3,(H,16,20)(H,17,18);2*1H. The third kappa shape index (κ3) is 4.67. The number of aryl methyl sites for hydroxylation is 1. The van der Waals surface area contributed by atoms with Crippen molar-refractivity contribution < 1.29 is 4.79 Å². The van der Waals surface area contributed by atoms with Crippen LogP contribution in [0.2, 0.25) is 0 Å². The van der Waals surface area contributed by atoms with Crippen molar-refractivity contribution >= 4 is 42.1 Å². The molecule has 0 spiro atoms. The first-order chi connectivity index (χ1) is 10.3. The SMILES string of the molecule is CCCc1nc(CNC(=O)C2NCCc3[nH]cnc32)cs1.Cl.Cl. The normalized spacial score (nSPS) is 16.0. The Morgan fingerprint density at radius 1 is 1.48 bits per heavy atom. The minimum atomic E-state index is -0.367. The molecule has 1 atom stereocenters.